The van der Waals surface area contributed by atoms with Crippen molar-refractivity contribution in [1.82, 2.24) is 10.2 Å². The summed E-state index contributed by atoms with van der Waals surface area (Å²) in [5, 5.41) is 2.87. The maximum absolute atomic E-state index is 12.6. The number of imide groups is 1. The summed E-state index contributed by atoms with van der Waals surface area (Å²) in [4.78, 5) is 51.3. The SMILES string of the molecule is O=C(CCN1C(=O)[C@H]2CCCC[C@H]2C1=O)O[C@H](C(=O)NC1CC1)c1ccccc1. The average Bonchev–Trinajstić information content (AvgIpc) is 3.52. The topological polar surface area (TPSA) is 92.8 Å². The third-order valence-corrected chi connectivity index (χ3v) is 5.99. The lowest BCUT2D eigenvalue weighted by atomic mass is 9.81. The second-order valence-corrected chi connectivity index (χ2v) is 8.14. The molecule has 2 saturated carbocycles. The number of ether oxygens (including phenoxy) is 1. The summed E-state index contributed by atoms with van der Waals surface area (Å²) in [5.41, 5.74) is 0.596. The van der Waals surface area contributed by atoms with E-state index in [1.54, 1.807) is 24.3 Å². The third-order valence-electron chi connectivity index (χ3n) is 5.99. The zero-order valence-corrected chi connectivity index (χ0v) is 16.3. The molecule has 0 bridgehead atoms. The van der Waals surface area contributed by atoms with Crippen LogP contribution in [0.4, 0.5) is 0 Å². The molecule has 3 fully saturated rings. The fraction of sp³-hybridized carbons (Fsp3) is 0.545. The fourth-order valence-corrected chi connectivity index (χ4v) is 4.25. The Labute approximate surface area is 169 Å². The number of amides is 3. The monoisotopic (exact) mass is 398 g/mol. The van der Waals surface area contributed by atoms with Gasteiger partial charge in [-0.15, -0.1) is 0 Å². The standard InChI is InChI=1S/C22H26N2O5/c25-18(12-13-24-21(27)16-8-4-5-9-17(16)22(24)28)29-19(14-6-2-1-3-7-14)20(26)23-15-10-11-15/h1-3,6-7,15-17,19H,4-5,8-13H2,(H,23,26)/t16-,17+,19-/m0/s1. The van der Waals surface area contributed by atoms with Gasteiger partial charge in [0, 0.05) is 18.2 Å². The van der Waals surface area contributed by atoms with Crippen molar-refractivity contribution in [2.24, 2.45) is 11.8 Å². The van der Waals surface area contributed by atoms with Gasteiger partial charge < -0.3 is 10.1 Å². The summed E-state index contributed by atoms with van der Waals surface area (Å²) in [6.07, 6.45) is 4.14. The zero-order valence-electron chi connectivity index (χ0n) is 16.3. The lowest BCUT2D eigenvalue weighted by Gasteiger charge is -2.19. The summed E-state index contributed by atoms with van der Waals surface area (Å²) in [6, 6.07) is 9.01. The highest BCUT2D eigenvalue weighted by Crippen LogP contribution is 2.38. The van der Waals surface area contributed by atoms with E-state index < -0.39 is 12.1 Å². The fourth-order valence-electron chi connectivity index (χ4n) is 4.25. The van der Waals surface area contributed by atoms with Gasteiger partial charge in [-0.05, 0) is 25.7 Å². The number of carbonyl (C=O) groups excluding carboxylic acids is 4. The van der Waals surface area contributed by atoms with Gasteiger partial charge in [-0.2, -0.15) is 0 Å². The van der Waals surface area contributed by atoms with Crippen molar-refractivity contribution >= 4 is 23.7 Å². The molecule has 7 heteroatoms. The molecular weight excluding hydrogens is 372 g/mol. The molecule has 1 heterocycles. The van der Waals surface area contributed by atoms with Crippen molar-refractivity contribution in [1.29, 1.82) is 0 Å². The number of nitrogens with zero attached hydrogens (tertiary/aromatic N) is 1. The zero-order chi connectivity index (χ0) is 20.4. The molecule has 1 saturated heterocycles. The minimum Gasteiger partial charge on any atom is -0.447 e. The molecule has 0 aromatic heterocycles. The Hall–Kier alpha value is -2.70. The number of carbonyl (C=O) groups is 4. The highest BCUT2D eigenvalue weighted by molar-refractivity contribution is 6.05. The molecule has 1 aromatic carbocycles. The number of benzene rings is 1. The lowest BCUT2D eigenvalue weighted by Crippen LogP contribution is -2.35. The summed E-state index contributed by atoms with van der Waals surface area (Å²) in [5.74, 6) is -1.73. The molecule has 2 aliphatic carbocycles. The second kappa shape index (κ2) is 8.35. The van der Waals surface area contributed by atoms with Gasteiger partial charge in [0.2, 0.25) is 17.9 Å². The summed E-state index contributed by atoms with van der Waals surface area (Å²) < 4.78 is 5.48. The van der Waals surface area contributed by atoms with Crippen LogP contribution < -0.4 is 5.32 Å². The van der Waals surface area contributed by atoms with Gasteiger partial charge in [0.25, 0.3) is 5.91 Å². The van der Waals surface area contributed by atoms with Crippen molar-refractivity contribution in [3.8, 4) is 0 Å². The smallest absolute Gasteiger partial charge is 0.308 e. The van der Waals surface area contributed by atoms with E-state index in [9.17, 15) is 19.2 Å². The summed E-state index contributed by atoms with van der Waals surface area (Å²) >= 11 is 0. The maximum atomic E-state index is 12.6. The second-order valence-electron chi connectivity index (χ2n) is 8.14. The average molecular weight is 398 g/mol. The molecule has 3 atom stereocenters. The van der Waals surface area contributed by atoms with Crippen LogP contribution in [0.1, 0.15) is 56.6 Å². The summed E-state index contributed by atoms with van der Waals surface area (Å²) in [7, 11) is 0. The van der Waals surface area contributed by atoms with Crippen LogP contribution in [0.15, 0.2) is 30.3 Å². The third kappa shape index (κ3) is 4.33. The molecule has 1 aromatic rings. The molecule has 1 aliphatic heterocycles. The van der Waals surface area contributed by atoms with Crippen LogP contribution in [-0.2, 0) is 23.9 Å². The van der Waals surface area contributed by atoms with E-state index in [0.29, 0.717) is 5.56 Å². The van der Waals surface area contributed by atoms with Crippen LogP contribution in [-0.4, -0.2) is 41.2 Å². The minimum atomic E-state index is -1.03. The van der Waals surface area contributed by atoms with Gasteiger partial charge in [0.05, 0.1) is 18.3 Å². The van der Waals surface area contributed by atoms with Crippen LogP contribution in [0.5, 0.6) is 0 Å². The first kappa shape index (κ1) is 19.6. The van der Waals surface area contributed by atoms with Crippen LogP contribution in [0.2, 0.25) is 0 Å². The number of fused-ring (bicyclic) bond motifs is 1. The molecule has 3 aliphatic rings. The van der Waals surface area contributed by atoms with Crippen LogP contribution in [0.3, 0.4) is 0 Å². The number of hydrogen-bond acceptors (Lipinski definition) is 5. The molecule has 154 valence electrons. The maximum Gasteiger partial charge on any atom is 0.308 e. The van der Waals surface area contributed by atoms with E-state index in [4.69, 9.17) is 4.74 Å². The van der Waals surface area contributed by atoms with Crippen molar-refractivity contribution in [2.75, 3.05) is 6.54 Å². The van der Waals surface area contributed by atoms with Gasteiger partial charge in [0.15, 0.2) is 0 Å². The van der Waals surface area contributed by atoms with Gasteiger partial charge in [-0.3, -0.25) is 24.1 Å². The summed E-state index contributed by atoms with van der Waals surface area (Å²) in [6.45, 7) is 0.00918. The van der Waals surface area contributed by atoms with Crippen molar-refractivity contribution in [3.63, 3.8) is 0 Å². The number of rotatable bonds is 7. The number of hydrogen-bond donors (Lipinski definition) is 1. The van der Waals surface area contributed by atoms with Gasteiger partial charge in [-0.1, -0.05) is 43.2 Å². The Kier molecular flexibility index (Phi) is 5.65. The first-order chi connectivity index (χ1) is 14.0. The van der Waals surface area contributed by atoms with Gasteiger partial charge in [-0.25, -0.2) is 0 Å². The minimum absolute atomic E-state index is 0.00918. The Morgan fingerprint density at radius 1 is 1.00 bits per heavy atom. The Balaban J connectivity index is 1.37. The predicted octanol–water partition coefficient (Wildman–Crippen LogP) is 2.11. The first-order valence-electron chi connectivity index (χ1n) is 10.4. The van der Waals surface area contributed by atoms with E-state index in [1.807, 2.05) is 6.07 Å². The Bertz CT molecular complexity index is 781. The molecule has 7 nitrogen and oxygen atoms in total. The Morgan fingerprint density at radius 2 is 1.62 bits per heavy atom. The first-order valence-corrected chi connectivity index (χ1v) is 10.4. The molecule has 1 N–H and O–H groups in total. The van der Waals surface area contributed by atoms with Crippen molar-refractivity contribution < 1.29 is 23.9 Å². The van der Waals surface area contributed by atoms with Crippen LogP contribution >= 0.6 is 0 Å². The molecular formula is C22H26N2O5. The van der Waals surface area contributed by atoms with Crippen molar-refractivity contribution in [2.45, 2.75) is 57.1 Å². The molecule has 0 unspecified atom stereocenters. The molecule has 29 heavy (non-hydrogen) atoms. The van der Waals surface area contributed by atoms with E-state index in [2.05, 4.69) is 5.32 Å². The van der Waals surface area contributed by atoms with E-state index in [1.165, 1.54) is 4.90 Å². The molecule has 0 spiro atoms. The highest BCUT2D eigenvalue weighted by atomic mass is 16.5. The van der Waals surface area contributed by atoms with E-state index >= 15 is 0 Å². The number of likely N-dealkylation sites (tertiary alicyclic amines) is 1. The van der Waals surface area contributed by atoms with Gasteiger partial charge in [0.1, 0.15) is 0 Å². The van der Waals surface area contributed by atoms with Gasteiger partial charge >= 0.3 is 5.97 Å². The van der Waals surface area contributed by atoms with E-state index in [-0.39, 0.29) is 48.6 Å². The molecule has 4 rings (SSSR count). The quantitative estimate of drug-likeness (QED) is 0.561. The van der Waals surface area contributed by atoms with Crippen LogP contribution in [0, 0.1) is 11.8 Å². The highest BCUT2D eigenvalue weighted by Gasteiger charge is 2.48. The van der Waals surface area contributed by atoms with Crippen LogP contribution in [0.25, 0.3) is 0 Å². The lowest BCUT2D eigenvalue weighted by molar-refractivity contribution is -0.157. The van der Waals surface area contributed by atoms with E-state index in [0.717, 1.165) is 38.5 Å². The number of nitrogens with one attached hydrogen (secondary N) is 1. The Morgan fingerprint density at radius 3 is 2.21 bits per heavy atom. The largest absolute Gasteiger partial charge is 0.447 e. The molecule has 0 radical (unpaired) electrons. The van der Waals surface area contributed by atoms with Crippen molar-refractivity contribution in [3.05, 3.63) is 35.9 Å². The normalized spacial score (nSPS) is 24.8. The number of esters is 1. The molecule has 3 amide bonds. The predicted molar refractivity (Wildman–Crippen MR) is 103 cm³/mol.